The first-order valence-electron chi connectivity index (χ1n) is 7.95. The fourth-order valence-corrected chi connectivity index (χ4v) is 14.8. The van der Waals surface area contributed by atoms with E-state index < -0.39 is 25.2 Å². The molecule has 0 aromatic rings. The number of rotatable bonds is 11. The first-order valence-corrected chi connectivity index (χ1v) is 17.3. The van der Waals surface area contributed by atoms with Gasteiger partial charge in [-0.05, 0) is 64.7 Å². The second-order valence-corrected chi connectivity index (χ2v) is 20.5. The molecule has 3 nitrogen and oxygen atoms in total. The molecule has 0 aromatic heterocycles. The van der Waals surface area contributed by atoms with E-state index in [9.17, 15) is 0 Å². The van der Waals surface area contributed by atoms with E-state index in [-0.39, 0.29) is 0 Å². The number of hydrogen-bond donors (Lipinski definition) is 0. The fourth-order valence-electron chi connectivity index (χ4n) is 2.26. The van der Waals surface area contributed by atoms with E-state index in [1.165, 1.54) is 6.42 Å². The smallest absolute Gasteiger partial charge is 0.314 e. The molecule has 0 fully saturated rings. The molecule has 0 aliphatic rings. The summed E-state index contributed by atoms with van der Waals surface area (Å²) in [5.41, 5.74) is 0. The standard InChI is InChI=1S/C14H36O3Si3/c1-9-10-12-15-13-11-14-20(8,16-18(2,3)4)17-19(5,6)7/h9-14H2,1-8H3. The molecule has 0 bridgehead atoms. The van der Waals surface area contributed by atoms with E-state index in [0.29, 0.717) is 0 Å². The predicted molar refractivity (Wildman–Crippen MR) is 95.6 cm³/mol. The molecular formula is C14H36O3Si3. The van der Waals surface area contributed by atoms with Crippen LogP contribution in [0.15, 0.2) is 0 Å². The zero-order chi connectivity index (χ0) is 15.9. The summed E-state index contributed by atoms with van der Waals surface area (Å²) in [6, 6.07) is 1.05. The molecule has 0 saturated carbocycles. The lowest BCUT2D eigenvalue weighted by molar-refractivity contribution is 0.130. The van der Waals surface area contributed by atoms with Gasteiger partial charge in [-0.15, -0.1) is 0 Å². The molecule has 0 aliphatic heterocycles. The van der Waals surface area contributed by atoms with Crippen LogP contribution in [-0.2, 0) is 13.0 Å². The highest BCUT2D eigenvalue weighted by Crippen LogP contribution is 2.25. The molecule has 0 saturated heterocycles. The van der Waals surface area contributed by atoms with Gasteiger partial charge in [0.25, 0.3) is 0 Å². The Morgan fingerprint density at radius 2 is 1.15 bits per heavy atom. The Hall–Kier alpha value is 0.531. The summed E-state index contributed by atoms with van der Waals surface area (Å²) in [6.45, 7) is 19.7. The van der Waals surface area contributed by atoms with Gasteiger partial charge in [0.1, 0.15) is 0 Å². The molecule has 0 aliphatic carbocycles. The SMILES string of the molecule is CCCCOCCC[Si](C)(O[Si](C)(C)C)O[Si](C)(C)C. The third kappa shape index (κ3) is 12.3. The van der Waals surface area contributed by atoms with Crippen LogP contribution in [0.3, 0.4) is 0 Å². The van der Waals surface area contributed by atoms with Crippen LogP contribution in [0.2, 0.25) is 51.9 Å². The van der Waals surface area contributed by atoms with Crippen LogP contribution in [0.25, 0.3) is 0 Å². The normalized spacial score (nSPS) is 13.8. The van der Waals surface area contributed by atoms with Crippen LogP contribution in [0, 0.1) is 0 Å². The van der Waals surface area contributed by atoms with E-state index in [1.807, 2.05) is 0 Å². The van der Waals surface area contributed by atoms with E-state index in [2.05, 4.69) is 52.8 Å². The summed E-state index contributed by atoms with van der Waals surface area (Å²) in [6.07, 6.45) is 3.41. The van der Waals surface area contributed by atoms with E-state index in [4.69, 9.17) is 13.0 Å². The minimum absolute atomic E-state index is 0.840. The molecule has 0 N–H and O–H groups in total. The van der Waals surface area contributed by atoms with E-state index >= 15 is 0 Å². The Morgan fingerprint density at radius 3 is 1.55 bits per heavy atom. The Labute approximate surface area is 129 Å². The zero-order valence-corrected chi connectivity index (χ0v) is 18.0. The zero-order valence-electron chi connectivity index (χ0n) is 15.0. The van der Waals surface area contributed by atoms with Crippen molar-refractivity contribution >= 4 is 25.2 Å². The second-order valence-electron chi connectivity index (χ2n) is 7.63. The highest BCUT2D eigenvalue weighted by Gasteiger charge is 2.39. The van der Waals surface area contributed by atoms with E-state index in [1.54, 1.807) is 0 Å². The van der Waals surface area contributed by atoms with Gasteiger partial charge in [0, 0.05) is 13.2 Å². The van der Waals surface area contributed by atoms with Crippen molar-refractivity contribution in [3.05, 3.63) is 0 Å². The Bertz CT molecular complexity index is 243. The minimum atomic E-state index is -2.05. The fraction of sp³-hybridized carbons (Fsp3) is 1.00. The van der Waals surface area contributed by atoms with Gasteiger partial charge in [-0.2, -0.15) is 0 Å². The topological polar surface area (TPSA) is 27.7 Å². The van der Waals surface area contributed by atoms with Gasteiger partial charge in [-0.1, -0.05) is 13.3 Å². The molecule has 0 unspecified atom stereocenters. The lowest BCUT2D eigenvalue weighted by atomic mass is 10.4. The van der Waals surface area contributed by atoms with Crippen molar-refractivity contribution in [2.45, 2.75) is 78.1 Å². The van der Waals surface area contributed by atoms with Crippen LogP contribution in [0.1, 0.15) is 26.2 Å². The maximum absolute atomic E-state index is 6.46. The lowest BCUT2D eigenvalue weighted by Crippen LogP contribution is -2.52. The highest BCUT2D eigenvalue weighted by atomic mass is 28.5. The van der Waals surface area contributed by atoms with Crippen LogP contribution in [-0.4, -0.2) is 38.4 Å². The molecular weight excluding hydrogens is 300 g/mol. The molecule has 6 heteroatoms. The monoisotopic (exact) mass is 336 g/mol. The Balaban J connectivity index is 4.32. The summed E-state index contributed by atoms with van der Waals surface area (Å²) >= 11 is 0. The van der Waals surface area contributed by atoms with Crippen LogP contribution in [0.5, 0.6) is 0 Å². The van der Waals surface area contributed by atoms with Crippen LogP contribution >= 0.6 is 0 Å². The summed E-state index contributed by atoms with van der Waals surface area (Å²) in [4.78, 5) is 0. The van der Waals surface area contributed by atoms with Crippen molar-refractivity contribution in [2.24, 2.45) is 0 Å². The number of hydrogen-bond acceptors (Lipinski definition) is 3. The summed E-state index contributed by atoms with van der Waals surface area (Å²) in [7, 11) is -5.16. The van der Waals surface area contributed by atoms with Crippen LogP contribution in [0.4, 0.5) is 0 Å². The quantitative estimate of drug-likeness (QED) is 0.394. The number of ether oxygens (including phenoxy) is 1. The summed E-state index contributed by atoms with van der Waals surface area (Å²) < 4.78 is 18.6. The molecule has 0 aromatic carbocycles. The van der Waals surface area contributed by atoms with Crippen molar-refractivity contribution in [2.75, 3.05) is 13.2 Å². The first kappa shape index (κ1) is 20.5. The van der Waals surface area contributed by atoms with Gasteiger partial charge in [-0.3, -0.25) is 0 Å². The maximum atomic E-state index is 6.46. The third-order valence-electron chi connectivity index (χ3n) is 2.61. The predicted octanol–water partition coefficient (Wildman–Crippen LogP) is 4.97. The molecule has 0 spiro atoms. The summed E-state index contributed by atoms with van der Waals surface area (Å²) in [5.74, 6) is 0. The van der Waals surface area contributed by atoms with Gasteiger partial charge in [-0.25, -0.2) is 0 Å². The molecule has 0 amide bonds. The third-order valence-corrected chi connectivity index (χ3v) is 12.2. The van der Waals surface area contributed by atoms with Crippen molar-refractivity contribution in [1.82, 2.24) is 0 Å². The molecule has 0 atom stereocenters. The van der Waals surface area contributed by atoms with E-state index in [0.717, 1.165) is 32.1 Å². The first-order chi connectivity index (χ1) is 8.97. The largest absolute Gasteiger partial charge is 0.437 e. The second kappa shape index (κ2) is 8.85. The van der Waals surface area contributed by atoms with Gasteiger partial charge < -0.3 is 13.0 Å². The average Bonchev–Trinajstić information content (AvgIpc) is 2.17. The van der Waals surface area contributed by atoms with Crippen molar-refractivity contribution in [1.29, 1.82) is 0 Å². The minimum Gasteiger partial charge on any atom is -0.437 e. The van der Waals surface area contributed by atoms with Crippen molar-refractivity contribution < 1.29 is 13.0 Å². The maximum Gasteiger partial charge on any atom is 0.314 e. The Kier molecular flexibility index (Phi) is 9.08. The lowest BCUT2D eigenvalue weighted by Gasteiger charge is -2.38. The van der Waals surface area contributed by atoms with Gasteiger partial charge >= 0.3 is 8.56 Å². The molecule has 0 radical (unpaired) electrons. The van der Waals surface area contributed by atoms with Gasteiger partial charge in [0.2, 0.25) is 0 Å². The average molecular weight is 337 g/mol. The molecule has 122 valence electrons. The van der Waals surface area contributed by atoms with Crippen molar-refractivity contribution in [3.63, 3.8) is 0 Å². The van der Waals surface area contributed by atoms with Gasteiger partial charge in [0.15, 0.2) is 16.6 Å². The molecule has 20 heavy (non-hydrogen) atoms. The van der Waals surface area contributed by atoms with Crippen LogP contribution < -0.4 is 0 Å². The highest BCUT2D eigenvalue weighted by molar-refractivity contribution is 6.87. The number of unbranched alkanes of at least 4 members (excludes halogenated alkanes) is 1. The Morgan fingerprint density at radius 1 is 0.700 bits per heavy atom. The summed E-state index contributed by atoms with van der Waals surface area (Å²) in [5, 5.41) is 0. The van der Waals surface area contributed by atoms with Gasteiger partial charge in [0.05, 0.1) is 0 Å². The molecule has 0 rings (SSSR count). The molecule has 0 heterocycles. The van der Waals surface area contributed by atoms with Crippen molar-refractivity contribution in [3.8, 4) is 0 Å².